The molecular weight excluding hydrogens is 306 g/mol. The first-order valence-corrected chi connectivity index (χ1v) is 9.35. The molecule has 1 heterocycles. The largest absolute Gasteiger partial charge is 0.347 e. The van der Waals surface area contributed by atoms with Crippen molar-refractivity contribution in [3.8, 4) is 11.1 Å². The van der Waals surface area contributed by atoms with Crippen LogP contribution >= 0.6 is 0 Å². The minimum atomic E-state index is 0.482. The van der Waals surface area contributed by atoms with Crippen LogP contribution in [0.1, 0.15) is 43.7 Å². The zero-order valence-corrected chi connectivity index (χ0v) is 15.3. The summed E-state index contributed by atoms with van der Waals surface area (Å²) in [6.45, 7) is 5.37. The summed E-state index contributed by atoms with van der Waals surface area (Å²) in [5.74, 6) is 0. The highest BCUT2D eigenvalue weighted by Crippen LogP contribution is 2.29. The summed E-state index contributed by atoms with van der Waals surface area (Å²) < 4.78 is 2.32. The molecule has 3 aromatic rings. The Morgan fingerprint density at radius 3 is 2.44 bits per heavy atom. The van der Waals surface area contributed by atoms with E-state index in [1.807, 2.05) is 0 Å². The Hall–Kier alpha value is -2.35. The molecular formula is C23H27NO. The number of nitrogens with zero attached hydrogens (tertiary/aromatic N) is 1. The van der Waals surface area contributed by atoms with Crippen LogP contribution < -0.4 is 0 Å². The van der Waals surface area contributed by atoms with E-state index in [-0.39, 0.29) is 0 Å². The Morgan fingerprint density at radius 2 is 1.72 bits per heavy atom. The highest BCUT2D eigenvalue weighted by atomic mass is 16.1. The van der Waals surface area contributed by atoms with Crippen LogP contribution in [-0.2, 0) is 17.8 Å². The van der Waals surface area contributed by atoms with Crippen LogP contribution in [0.3, 0.4) is 0 Å². The lowest BCUT2D eigenvalue weighted by molar-refractivity contribution is -0.107. The van der Waals surface area contributed by atoms with Crippen LogP contribution in [0, 0.1) is 6.92 Å². The molecule has 0 spiro atoms. The summed E-state index contributed by atoms with van der Waals surface area (Å²) in [5, 5.41) is 1.21. The lowest BCUT2D eigenvalue weighted by Gasteiger charge is -2.07. The number of aldehydes is 1. The number of rotatable bonds is 8. The number of carbonyl (C=O) groups excluding carboxylic acids is 1. The molecule has 0 aliphatic rings. The van der Waals surface area contributed by atoms with Gasteiger partial charge in [0.1, 0.15) is 6.29 Å². The summed E-state index contributed by atoms with van der Waals surface area (Å²) in [6, 6.07) is 15.3. The van der Waals surface area contributed by atoms with Gasteiger partial charge < -0.3 is 9.36 Å². The van der Waals surface area contributed by atoms with Crippen LogP contribution in [0.4, 0.5) is 0 Å². The molecule has 0 N–H and O–H groups in total. The van der Waals surface area contributed by atoms with E-state index in [0.717, 1.165) is 18.4 Å². The second-order valence-corrected chi connectivity index (χ2v) is 6.88. The van der Waals surface area contributed by atoms with Crippen LogP contribution in [0.25, 0.3) is 22.0 Å². The summed E-state index contributed by atoms with van der Waals surface area (Å²) >= 11 is 0. The van der Waals surface area contributed by atoms with E-state index in [4.69, 9.17) is 0 Å². The van der Waals surface area contributed by atoms with Crippen LogP contribution in [0.5, 0.6) is 0 Å². The van der Waals surface area contributed by atoms with Crippen molar-refractivity contribution in [1.82, 2.24) is 4.57 Å². The smallest absolute Gasteiger partial charge is 0.124 e. The quantitative estimate of drug-likeness (QED) is 0.369. The van der Waals surface area contributed by atoms with Gasteiger partial charge in [-0.2, -0.15) is 0 Å². The number of hydrogen-bond donors (Lipinski definition) is 0. The van der Waals surface area contributed by atoms with E-state index in [1.54, 1.807) is 0 Å². The second kappa shape index (κ2) is 8.15. The van der Waals surface area contributed by atoms with Gasteiger partial charge in [-0.15, -0.1) is 0 Å². The zero-order chi connectivity index (χ0) is 17.6. The maximum absolute atomic E-state index is 11.1. The molecule has 2 nitrogen and oxygen atoms in total. The third-order valence-electron chi connectivity index (χ3n) is 4.90. The third-order valence-corrected chi connectivity index (χ3v) is 4.90. The molecule has 25 heavy (non-hydrogen) atoms. The number of aromatic nitrogens is 1. The van der Waals surface area contributed by atoms with Gasteiger partial charge in [-0.1, -0.05) is 62.1 Å². The third kappa shape index (κ3) is 4.01. The van der Waals surface area contributed by atoms with E-state index in [0.29, 0.717) is 6.42 Å². The first-order chi connectivity index (χ1) is 12.2. The fourth-order valence-corrected chi connectivity index (χ4v) is 3.44. The Balaban J connectivity index is 1.95. The molecule has 0 bridgehead atoms. The van der Waals surface area contributed by atoms with Crippen LogP contribution in [-0.4, -0.2) is 10.9 Å². The molecule has 0 fully saturated rings. The molecule has 3 rings (SSSR count). The fourth-order valence-electron chi connectivity index (χ4n) is 3.44. The minimum absolute atomic E-state index is 0.482. The number of fused-ring (bicyclic) bond motifs is 1. The summed E-state index contributed by atoms with van der Waals surface area (Å²) in [5.41, 5.74) is 6.08. The molecule has 0 aliphatic heterocycles. The van der Waals surface area contributed by atoms with Gasteiger partial charge in [0.05, 0.1) is 0 Å². The number of unbranched alkanes of at least 4 members (excludes halogenated alkanes) is 3. The molecule has 0 saturated carbocycles. The van der Waals surface area contributed by atoms with E-state index in [1.165, 1.54) is 53.3 Å². The van der Waals surface area contributed by atoms with E-state index >= 15 is 0 Å². The first kappa shape index (κ1) is 17.5. The van der Waals surface area contributed by atoms with Gasteiger partial charge in [-0.05, 0) is 42.2 Å². The summed E-state index contributed by atoms with van der Waals surface area (Å²) in [4.78, 5) is 11.1. The average Bonchev–Trinajstić information content (AvgIpc) is 2.97. The predicted molar refractivity (Wildman–Crippen MR) is 106 cm³/mol. The maximum Gasteiger partial charge on any atom is 0.124 e. The SMILES string of the molecule is CCCCCCn1cc(CC=O)c2cc(-c3ccc(C)cc3)ccc21. The first-order valence-electron chi connectivity index (χ1n) is 9.35. The predicted octanol–water partition coefficient (Wildman–Crippen LogP) is 5.94. The van der Waals surface area contributed by atoms with Crippen molar-refractivity contribution in [3.63, 3.8) is 0 Å². The van der Waals surface area contributed by atoms with Crippen molar-refractivity contribution < 1.29 is 4.79 Å². The molecule has 1 aromatic heterocycles. The molecule has 0 radical (unpaired) electrons. The Bertz CT molecular complexity index is 842. The minimum Gasteiger partial charge on any atom is -0.347 e. The molecule has 2 heteroatoms. The molecule has 2 aromatic carbocycles. The average molecular weight is 333 g/mol. The van der Waals surface area contributed by atoms with Gasteiger partial charge in [0.2, 0.25) is 0 Å². The summed E-state index contributed by atoms with van der Waals surface area (Å²) in [6.07, 6.45) is 8.66. The topological polar surface area (TPSA) is 22.0 Å². The zero-order valence-electron chi connectivity index (χ0n) is 15.3. The Kier molecular flexibility index (Phi) is 5.70. The molecule has 0 unspecified atom stereocenters. The van der Waals surface area contributed by atoms with Gasteiger partial charge in [0.15, 0.2) is 0 Å². The lowest BCUT2D eigenvalue weighted by Crippen LogP contribution is -1.96. The van der Waals surface area contributed by atoms with Crippen LogP contribution in [0.2, 0.25) is 0 Å². The highest BCUT2D eigenvalue weighted by molar-refractivity contribution is 5.90. The molecule has 0 amide bonds. The van der Waals surface area contributed by atoms with E-state index in [9.17, 15) is 4.79 Å². The Morgan fingerprint density at radius 1 is 0.960 bits per heavy atom. The van der Waals surface area contributed by atoms with Gasteiger partial charge in [-0.25, -0.2) is 0 Å². The summed E-state index contributed by atoms with van der Waals surface area (Å²) in [7, 11) is 0. The van der Waals surface area contributed by atoms with Crippen molar-refractivity contribution in [2.45, 2.75) is 52.5 Å². The Labute approximate surface area is 150 Å². The molecule has 0 atom stereocenters. The van der Waals surface area contributed by atoms with Crippen molar-refractivity contribution in [2.24, 2.45) is 0 Å². The number of hydrogen-bond acceptors (Lipinski definition) is 1. The van der Waals surface area contributed by atoms with Crippen molar-refractivity contribution in [1.29, 1.82) is 0 Å². The van der Waals surface area contributed by atoms with Gasteiger partial charge in [-0.3, -0.25) is 0 Å². The monoisotopic (exact) mass is 333 g/mol. The maximum atomic E-state index is 11.1. The normalized spacial score (nSPS) is 11.1. The molecule has 0 aliphatic carbocycles. The van der Waals surface area contributed by atoms with Crippen LogP contribution in [0.15, 0.2) is 48.7 Å². The van der Waals surface area contributed by atoms with Crippen molar-refractivity contribution in [3.05, 3.63) is 59.8 Å². The number of carbonyl (C=O) groups is 1. The molecule has 130 valence electrons. The second-order valence-electron chi connectivity index (χ2n) is 6.88. The number of benzene rings is 2. The molecule has 0 saturated heterocycles. The van der Waals surface area contributed by atoms with Gasteiger partial charge in [0.25, 0.3) is 0 Å². The van der Waals surface area contributed by atoms with Crippen molar-refractivity contribution >= 4 is 17.2 Å². The van der Waals surface area contributed by atoms with Gasteiger partial charge >= 0.3 is 0 Å². The highest BCUT2D eigenvalue weighted by Gasteiger charge is 2.10. The van der Waals surface area contributed by atoms with Crippen molar-refractivity contribution in [2.75, 3.05) is 0 Å². The van der Waals surface area contributed by atoms with E-state index in [2.05, 4.69) is 67.1 Å². The lowest BCUT2D eigenvalue weighted by atomic mass is 10.0. The number of aryl methyl sites for hydroxylation is 2. The van der Waals surface area contributed by atoms with E-state index < -0.39 is 0 Å². The standard InChI is InChI=1S/C23H27NO/c1-3-4-5-6-14-24-17-21(13-15-25)22-16-20(11-12-23(22)24)19-9-7-18(2)8-10-19/h7-12,15-17H,3-6,13-14H2,1-2H3. The van der Waals surface area contributed by atoms with Gasteiger partial charge in [0, 0.05) is 30.1 Å². The fraction of sp³-hybridized carbons (Fsp3) is 0.348.